The van der Waals surface area contributed by atoms with E-state index in [1.165, 1.54) is 0 Å². The summed E-state index contributed by atoms with van der Waals surface area (Å²) in [5, 5.41) is 6.34. The summed E-state index contributed by atoms with van der Waals surface area (Å²) in [5.74, 6) is -0.00332. The summed E-state index contributed by atoms with van der Waals surface area (Å²) < 4.78 is 6.98. The average Bonchev–Trinajstić information content (AvgIpc) is 2.99. The second-order valence-corrected chi connectivity index (χ2v) is 5.28. The van der Waals surface area contributed by atoms with Crippen molar-refractivity contribution in [2.45, 2.75) is 13.0 Å². The molecule has 2 heterocycles. The van der Waals surface area contributed by atoms with Crippen LogP contribution in [0.25, 0.3) is 0 Å². The molecular weight excluding hydrogens is 268 g/mol. The number of nitrogens with zero attached hydrogens (tertiary/aromatic N) is 2. The first-order chi connectivity index (χ1) is 10.3. The number of carbonyl (C=O) groups is 1. The number of ether oxygens (including phenoxy) is 1. The van der Waals surface area contributed by atoms with Crippen LogP contribution in [0.5, 0.6) is 0 Å². The van der Waals surface area contributed by atoms with Gasteiger partial charge in [0.2, 0.25) is 0 Å². The smallest absolute Gasteiger partial charge is 0.267 e. The lowest BCUT2D eigenvalue weighted by molar-refractivity contribution is 0.0939. The molecule has 0 spiro atoms. The highest BCUT2D eigenvalue weighted by Crippen LogP contribution is 2.02. The van der Waals surface area contributed by atoms with E-state index in [1.807, 2.05) is 22.9 Å². The molecule has 1 aromatic heterocycles. The Morgan fingerprint density at radius 1 is 1.38 bits per heavy atom. The van der Waals surface area contributed by atoms with Crippen LogP contribution >= 0.6 is 0 Å². The van der Waals surface area contributed by atoms with Crippen LogP contribution in [0.3, 0.4) is 0 Å². The fraction of sp³-hybridized carbons (Fsp3) is 0.667. The third-order valence-electron chi connectivity index (χ3n) is 3.74. The van der Waals surface area contributed by atoms with Gasteiger partial charge in [0.1, 0.15) is 5.69 Å². The first-order valence-corrected chi connectivity index (χ1v) is 7.66. The molecule has 21 heavy (non-hydrogen) atoms. The summed E-state index contributed by atoms with van der Waals surface area (Å²) in [7, 11) is 1.67. The quantitative estimate of drug-likeness (QED) is 0.671. The molecule has 0 aliphatic carbocycles. The molecule has 0 unspecified atom stereocenters. The van der Waals surface area contributed by atoms with Crippen LogP contribution in [-0.4, -0.2) is 68.4 Å². The number of hydrogen-bond acceptors (Lipinski definition) is 4. The van der Waals surface area contributed by atoms with Gasteiger partial charge in [-0.1, -0.05) is 0 Å². The maximum absolute atomic E-state index is 12.1. The van der Waals surface area contributed by atoms with Crippen molar-refractivity contribution in [3.63, 3.8) is 0 Å². The summed E-state index contributed by atoms with van der Waals surface area (Å²) in [4.78, 5) is 14.6. The predicted molar refractivity (Wildman–Crippen MR) is 82.6 cm³/mol. The highest BCUT2D eigenvalue weighted by molar-refractivity contribution is 5.92. The second kappa shape index (κ2) is 8.81. The Labute approximate surface area is 126 Å². The van der Waals surface area contributed by atoms with Crippen molar-refractivity contribution < 1.29 is 9.53 Å². The van der Waals surface area contributed by atoms with Crippen LogP contribution < -0.4 is 10.6 Å². The van der Waals surface area contributed by atoms with Crippen molar-refractivity contribution in [2.75, 3.05) is 53.0 Å². The summed E-state index contributed by atoms with van der Waals surface area (Å²) in [6.45, 7) is 7.43. The fourth-order valence-corrected chi connectivity index (χ4v) is 2.53. The van der Waals surface area contributed by atoms with Crippen LogP contribution in [0, 0.1) is 0 Å². The van der Waals surface area contributed by atoms with Gasteiger partial charge in [-0.2, -0.15) is 0 Å². The first kappa shape index (κ1) is 16.0. The van der Waals surface area contributed by atoms with Crippen LogP contribution in [-0.2, 0) is 11.3 Å². The van der Waals surface area contributed by atoms with Crippen LogP contribution in [0.4, 0.5) is 0 Å². The molecule has 0 bridgehead atoms. The topological polar surface area (TPSA) is 58.5 Å². The van der Waals surface area contributed by atoms with Gasteiger partial charge in [0.25, 0.3) is 5.91 Å². The lowest BCUT2D eigenvalue weighted by Gasteiger charge is -2.27. The predicted octanol–water partition coefficient (Wildman–Crippen LogP) is 0.160. The SMILES string of the molecule is COCCn1cccc1C(=O)NCCCN1CCNCC1. The van der Waals surface area contributed by atoms with Gasteiger partial charge in [-0.15, -0.1) is 0 Å². The number of amides is 1. The van der Waals surface area contributed by atoms with Gasteiger partial charge in [-0.3, -0.25) is 4.79 Å². The normalized spacial score (nSPS) is 16.0. The molecule has 0 aromatic carbocycles. The molecule has 2 rings (SSSR count). The molecule has 0 atom stereocenters. The van der Waals surface area contributed by atoms with E-state index in [9.17, 15) is 4.79 Å². The minimum absolute atomic E-state index is 0.00332. The zero-order valence-electron chi connectivity index (χ0n) is 12.8. The monoisotopic (exact) mass is 294 g/mol. The number of rotatable bonds is 8. The summed E-state index contributed by atoms with van der Waals surface area (Å²) in [5.41, 5.74) is 0.703. The standard InChI is InChI=1S/C15H26N4O2/c1-21-13-12-19-9-2-4-14(19)15(20)17-5-3-8-18-10-6-16-7-11-18/h2,4,9,16H,3,5-8,10-13H2,1H3,(H,17,20). The molecule has 1 aliphatic rings. The highest BCUT2D eigenvalue weighted by Gasteiger charge is 2.11. The van der Waals surface area contributed by atoms with Gasteiger partial charge in [0, 0.05) is 52.6 Å². The molecule has 1 fully saturated rings. The van der Waals surface area contributed by atoms with E-state index in [2.05, 4.69) is 15.5 Å². The molecule has 6 nitrogen and oxygen atoms in total. The van der Waals surface area contributed by atoms with Crippen molar-refractivity contribution in [3.8, 4) is 0 Å². The Bertz CT molecular complexity index is 427. The van der Waals surface area contributed by atoms with E-state index >= 15 is 0 Å². The van der Waals surface area contributed by atoms with Gasteiger partial charge >= 0.3 is 0 Å². The van der Waals surface area contributed by atoms with E-state index in [-0.39, 0.29) is 5.91 Å². The lowest BCUT2D eigenvalue weighted by atomic mass is 10.3. The number of hydrogen-bond donors (Lipinski definition) is 2. The van der Waals surface area contributed by atoms with Gasteiger partial charge in [-0.25, -0.2) is 0 Å². The summed E-state index contributed by atoms with van der Waals surface area (Å²) >= 11 is 0. The third-order valence-corrected chi connectivity index (χ3v) is 3.74. The third kappa shape index (κ3) is 5.15. The molecule has 6 heteroatoms. The number of aromatic nitrogens is 1. The van der Waals surface area contributed by atoms with Crippen molar-refractivity contribution in [2.24, 2.45) is 0 Å². The molecule has 1 aromatic rings. The van der Waals surface area contributed by atoms with Gasteiger partial charge in [0.05, 0.1) is 6.61 Å². The van der Waals surface area contributed by atoms with Gasteiger partial charge in [0.15, 0.2) is 0 Å². The van der Waals surface area contributed by atoms with Gasteiger partial charge < -0.3 is 24.8 Å². The van der Waals surface area contributed by atoms with E-state index in [4.69, 9.17) is 4.74 Å². The van der Waals surface area contributed by atoms with E-state index in [1.54, 1.807) is 7.11 Å². The number of methoxy groups -OCH3 is 1. The van der Waals surface area contributed by atoms with E-state index in [0.29, 0.717) is 18.8 Å². The number of nitrogens with one attached hydrogen (secondary N) is 2. The largest absolute Gasteiger partial charge is 0.383 e. The first-order valence-electron chi connectivity index (χ1n) is 7.66. The molecule has 1 amide bonds. The fourth-order valence-electron chi connectivity index (χ4n) is 2.53. The number of carbonyl (C=O) groups excluding carboxylic acids is 1. The molecule has 1 aliphatic heterocycles. The zero-order valence-corrected chi connectivity index (χ0v) is 12.8. The van der Waals surface area contributed by atoms with Crippen LogP contribution in [0.15, 0.2) is 18.3 Å². The van der Waals surface area contributed by atoms with Crippen molar-refractivity contribution in [1.29, 1.82) is 0 Å². The maximum atomic E-state index is 12.1. The zero-order chi connectivity index (χ0) is 14.9. The molecule has 118 valence electrons. The average molecular weight is 294 g/mol. The van der Waals surface area contributed by atoms with Crippen molar-refractivity contribution >= 4 is 5.91 Å². The van der Waals surface area contributed by atoms with E-state index < -0.39 is 0 Å². The highest BCUT2D eigenvalue weighted by atomic mass is 16.5. The molecule has 1 saturated heterocycles. The summed E-state index contributed by atoms with van der Waals surface area (Å²) in [6, 6.07) is 3.74. The summed E-state index contributed by atoms with van der Waals surface area (Å²) in [6.07, 6.45) is 2.90. The Morgan fingerprint density at radius 2 is 2.19 bits per heavy atom. The Kier molecular flexibility index (Phi) is 6.72. The molecule has 2 N–H and O–H groups in total. The molecule has 0 saturated carbocycles. The van der Waals surface area contributed by atoms with Crippen LogP contribution in [0.1, 0.15) is 16.9 Å². The second-order valence-electron chi connectivity index (χ2n) is 5.28. The number of piperazine rings is 1. The van der Waals surface area contributed by atoms with Crippen molar-refractivity contribution in [3.05, 3.63) is 24.0 Å². The van der Waals surface area contributed by atoms with E-state index in [0.717, 1.165) is 45.7 Å². The molecular formula is C15H26N4O2. The lowest BCUT2D eigenvalue weighted by Crippen LogP contribution is -2.44. The van der Waals surface area contributed by atoms with Crippen molar-refractivity contribution in [1.82, 2.24) is 20.1 Å². The minimum Gasteiger partial charge on any atom is -0.383 e. The maximum Gasteiger partial charge on any atom is 0.267 e. The minimum atomic E-state index is -0.00332. The Balaban J connectivity index is 1.68. The molecule has 0 radical (unpaired) electrons. The Hall–Kier alpha value is -1.37. The Morgan fingerprint density at radius 3 is 2.95 bits per heavy atom. The van der Waals surface area contributed by atoms with Crippen LogP contribution in [0.2, 0.25) is 0 Å². The van der Waals surface area contributed by atoms with Gasteiger partial charge in [-0.05, 0) is 25.1 Å².